The number of benzene rings is 2. The van der Waals surface area contributed by atoms with Gasteiger partial charge >= 0.3 is 12.4 Å². The molecule has 0 unspecified atom stereocenters. The molecule has 3 heterocycles. The van der Waals surface area contributed by atoms with Crippen LogP contribution in [0.5, 0.6) is 0 Å². The number of hydrogen-bond acceptors (Lipinski definition) is 5. The SMILES string of the molecule is NC(=O)Cc1cc(C(F)(F)F)c2cc(N3CCC4(CC3)CC(Cc3c(-c5ccccc5C(F)(F)F)noc3C3CC3)C4)ccc2n1. The lowest BCUT2D eigenvalue weighted by Crippen LogP contribution is -2.47. The van der Waals surface area contributed by atoms with Gasteiger partial charge in [0.1, 0.15) is 11.5 Å². The van der Waals surface area contributed by atoms with Gasteiger partial charge in [0, 0.05) is 41.2 Å². The molecule has 3 aliphatic rings. The normalized spacial score (nSPS) is 18.7. The molecule has 1 spiro atoms. The Bertz CT molecular complexity index is 1790. The third kappa shape index (κ3) is 5.82. The van der Waals surface area contributed by atoms with E-state index in [1.54, 1.807) is 18.2 Å². The number of rotatable bonds is 7. The highest BCUT2D eigenvalue weighted by Gasteiger charge is 2.47. The Morgan fingerprint density at radius 3 is 2.30 bits per heavy atom. The summed E-state index contributed by atoms with van der Waals surface area (Å²) in [7, 11) is 0. The Balaban J connectivity index is 1.06. The molecule has 1 aliphatic heterocycles. The number of hydrogen-bond donors (Lipinski definition) is 1. The summed E-state index contributed by atoms with van der Waals surface area (Å²) in [4.78, 5) is 17.6. The molecule has 242 valence electrons. The molecule has 46 heavy (non-hydrogen) atoms. The number of nitrogens with two attached hydrogens (primary N) is 1. The quantitative estimate of drug-likeness (QED) is 0.206. The van der Waals surface area contributed by atoms with Crippen LogP contribution >= 0.6 is 0 Å². The molecule has 4 aromatic rings. The first-order valence-corrected chi connectivity index (χ1v) is 15.5. The average Bonchev–Trinajstić information content (AvgIpc) is 3.74. The summed E-state index contributed by atoms with van der Waals surface area (Å²) in [6.07, 6.45) is -3.43. The van der Waals surface area contributed by atoms with Crippen LogP contribution < -0.4 is 10.6 Å². The van der Waals surface area contributed by atoms with Crippen LogP contribution in [0.3, 0.4) is 0 Å². The van der Waals surface area contributed by atoms with Crippen LogP contribution in [0, 0.1) is 11.3 Å². The van der Waals surface area contributed by atoms with Crippen LogP contribution in [0.4, 0.5) is 32.0 Å². The minimum Gasteiger partial charge on any atom is -0.371 e. The first-order chi connectivity index (χ1) is 21.8. The molecule has 0 atom stereocenters. The number of amides is 1. The molecule has 12 heteroatoms. The molecule has 7 rings (SSSR count). The van der Waals surface area contributed by atoms with Crippen LogP contribution in [-0.4, -0.2) is 29.1 Å². The van der Waals surface area contributed by atoms with Crippen molar-refractivity contribution in [3.63, 3.8) is 0 Å². The van der Waals surface area contributed by atoms with Gasteiger partial charge in [-0.1, -0.05) is 23.4 Å². The van der Waals surface area contributed by atoms with Gasteiger partial charge in [0.2, 0.25) is 5.91 Å². The summed E-state index contributed by atoms with van der Waals surface area (Å²) >= 11 is 0. The van der Waals surface area contributed by atoms with E-state index in [4.69, 9.17) is 10.3 Å². The third-order valence-electron chi connectivity index (χ3n) is 9.89. The van der Waals surface area contributed by atoms with Crippen LogP contribution in [0.15, 0.2) is 53.1 Å². The number of aromatic nitrogens is 2. The summed E-state index contributed by atoms with van der Waals surface area (Å²) in [5.41, 5.74) is 5.66. The summed E-state index contributed by atoms with van der Waals surface area (Å²) in [5, 5.41) is 4.14. The van der Waals surface area contributed by atoms with Crippen LogP contribution in [-0.2, 0) is 30.0 Å². The molecule has 2 aromatic carbocycles. The predicted octanol–water partition coefficient (Wildman–Crippen LogP) is 8.07. The lowest BCUT2D eigenvalue weighted by molar-refractivity contribution is -0.137. The first kappa shape index (κ1) is 30.6. The minimum atomic E-state index is -4.63. The van der Waals surface area contributed by atoms with Crippen molar-refractivity contribution in [2.75, 3.05) is 18.0 Å². The van der Waals surface area contributed by atoms with Gasteiger partial charge in [-0.25, -0.2) is 0 Å². The first-order valence-electron chi connectivity index (χ1n) is 15.5. The van der Waals surface area contributed by atoms with Gasteiger partial charge in [-0.15, -0.1) is 0 Å². The molecule has 2 aromatic heterocycles. The number of halogens is 6. The lowest BCUT2D eigenvalue weighted by atomic mass is 9.56. The lowest BCUT2D eigenvalue weighted by Gasteiger charge is -2.53. The van der Waals surface area contributed by atoms with E-state index < -0.39 is 29.4 Å². The molecule has 1 amide bonds. The van der Waals surface area contributed by atoms with Crippen molar-refractivity contribution < 1.29 is 35.7 Å². The number of carbonyl (C=O) groups is 1. The minimum absolute atomic E-state index is 0.0216. The highest BCUT2D eigenvalue weighted by molar-refractivity contribution is 5.87. The van der Waals surface area contributed by atoms with E-state index in [0.717, 1.165) is 56.2 Å². The highest BCUT2D eigenvalue weighted by atomic mass is 19.4. The fourth-order valence-corrected chi connectivity index (χ4v) is 7.55. The Morgan fingerprint density at radius 2 is 1.65 bits per heavy atom. The van der Waals surface area contributed by atoms with Crippen molar-refractivity contribution in [3.8, 4) is 11.3 Å². The van der Waals surface area contributed by atoms with Gasteiger partial charge in [-0.3, -0.25) is 9.78 Å². The molecule has 2 saturated carbocycles. The van der Waals surface area contributed by atoms with Gasteiger partial charge < -0.3 is 15.2 Å². The number of anilines is 1. The maximum atomic E-state index is 14.0. The van der Waals surface area contributed by atoms with E-state index >= 15 is 0 Å². The molecule has 1 saturated heterocycles. The second-order valence-electron chi connectivity index (χ2n) is 13.2. The van der Waals surface area contributed by atoms with E-state index in [9.17, 15) is 31.1 Å². The monoisotopic (exact) mass is 642 g/mol. The number of carbonyl (C=O) groups excluding carboxylic acids is 1. The zero-order valence-corrected chi connectivity index (χ0v) is 24.8. The average molecular weight is 643 g/mol. The number of fused-ring (bicyclic) bond motifs is 1. The number of primary amides is 1. The van der Waals surface area contributed by atoms with Crippen molar-refractivity contribution in [2.24, 2.45) is 17.1 Å². The number of alkyl halides is 6. The van der Waals surface area contributed by atoms with Crippen molar-refractivity contribution in [1.82, 2.24) is 10.1 Å². The molecular weight excluding hydrogens is 610 g/mol. The van der Waals surface area contributed by atoms with Gasteiger partial charge in [0.15, 0.2) is 0 Å². The van der Waals surface area contributed by atoms with Crippen molar-refractivity contribution in [2.45, 2.75) is 69.6 Å². The standard InChI is InChI=1S/C34H32F6N4O2/c35-33(36,37)26-4-2-1-3-23(26)30-25(31(46-43-30)20-5-6-20)13-19-17-32(18-19)9-11-44(12-10-32)22-7-8-28-24(16-22)27(34(38,39)40)14-21(42-28)15-29(41)45/h1-4,7-8,14,16,19-20H,5-6,9-13,15,17-18H2,(H2,41,45). The predicted molar refractivity (Wildman–Crippen MR) is 159 cm³/mol. The topological polar surface area (TPSA) is 85.3 Å². The molecule has 3 fully saturated rings. The zero-order chi connectivity index (χ0) is 32.4. The molecule has 6 nitrogen and oxygen atoms in total. The van der Waals surface area contributed by atoms with Gasteiger partial charge in [-0.2, -0.15) is 26.3 Å². The van der Waals surface area contributed by atoms with E-state index in [0.29, 0.717) is 31.0 Å². The molecule has 2 aliphatic carbocycles. The molecule has 0 radical (unpaired) electrons. The second-order valence-corrected chi connectivity index (χ2v) is 13.2. The second kappa shape index (κ2) is 11.0. The highest BCUT2D eigenvalue weighted by Crippen LogP contribution is 2.55. The van der Waals surface area contributed by atoms with Crippen molar-refractivity contribution >= 4 is 22.5 Å². The fourth-order valence-electron chi connectivity index (χ4n) is 7.55. The van der Waals surface area contributed by atoms with E-state index in [2.05, 4.69) is 15.0 Å². The third-order valence-corrected chi connectivity index (χ3v) is 9.89. The summed E-state index contributed by atoms with van der Waals surface area (Å²) < 4.78 is 89.2. The molecular formula is C34H32F6N4O2. The van der Waals surface area contributed by atoms with Gasteiger partial charge in [0.25, 0.3) is 0 Å². The zero-order valence-electron chi connectivity index (χ0n) is 24.8. The Hall–Kier alpha value is -4.09. The van der Waals surface area contributed by atoms with Gasteiger partial charge in [-0.05, 0) is 86.6 Å². The summed E-state index contributed by atoms with van der Waals surface area (Å²) in [6.45, 7) is 1.36. The maximum absolute atomic E-state index is 14.0. The Kier molecular flexibility index (Phi) is 7.32. The van der Waals surface area contributed by atoms with Crippen LogP contribution in [0.1, 0.15) is 72.6 Å². The van der Waals surface area contributed by atoms with Gasteiger partial charge in [0.05, 0.1) is 28.8 Å². The van der Waals surface area contributed by atoms with E-state index in [1.807, 2.05) is 0 Å². The van der Waals surface area contributed by atoms with Crippen LogP contribution in [0.2, 0.25) is 0 Å². The summed E-state index contributed by atoms with van der Waals surface area (Å²) in [5.74, 6) is 0.454. The fraction of sp³-hybridized carbons (Fsp3) is 0.441. The number of piperidine rings is 1. The number of pyridine rings is 1. The Labute approximate surface area is 260 Å². The molecule has 0 bridgehead atoms. The number of nitrogens with zero attached hydrogens (tertiary/aromatic N) is 3. The maximum Gasteiger partial charge on any atom is 0.417 e. The largest absolute Gasteiger partial charge is 0.417 e. The van der Waals surface area contributed by atoms with E-state index in [-0.39, 0.29) is 51.5 Å². The van der Waals surface area contributed by atoms with Crippen molar-refractivity contribution in [1.29, 1.82) is 0 Å². The smallest absolute Gasteiger partial charge is 0.371 e. The molecule has 2 N–H and O–H groups in total. The van der Waals surface area contributed by atoms with Crippen LogP contribution in [0.25, 0.3) is 22.2 Å². The van der Waals surface area contributed by atoms with E-state index in [1.165, 1.54) is 18.2 Å². The summed E-state index contributed by atoms with van der Waals surface area (Å²) in [6, 6.07) is 11.2. The van der Waals surface area contributed by atoms with Crippen molar-refractivity contribution in [3.05, 3.63) is 76.7 Å². The Morgan fingerprint density at radius 1 is 0.957 bits per heavy atom.